The fourth-order valence-electron chi connectivity index (χ4n) is 1.62. The van der Waals surface area contributed by atoms with Gasteiger partial charge in [-0.3, -0.25) is 0 Å². The molecular weight excluding hydrogens is 210 g/mol. The Morgan fingerprint density at radius 1 is 1.40 bits per heavy atom. The molecule has 1 N–H and O–H groups in total. The van der Waals surface area contributed by atoms with E-state index in [1.807, 2.05) is 0 Å². The fraction of sp³-hybridized carbons (Fsp3) is 0.818. The van der Waals surface area contributed by atoms with Crippen LogP contribution >= 0.6 is 0 Å². The molecule has 1 aliphatic carbocycles. The molecule has 0 saturated heterocycles. The molecule has 88 valence electrons. The summed E-state index contributed by atoms with van der Waals surface area (Å²) in [7, 11) is -2.88. The highest BCUT2D eigenvalue weighted by Gasteiger charge is 2.16. The van der Waals surface area contributed by atoms with Crippen molar-refractivity contribution in [1.29, 1.82) is 0 Å². The molecule has 0 aromatic carbocycles. The molecule has 4 heteroatoms. The third-order valence-electron chi connectivity index (χ3n) is 2.81. The predicted octanol–water partition coefficient (Wildman–Crippen LogP) is 1.51. The van der Waals surface area contributed by atoms with Crippen molar-refractivity contribution in [1.82, 2.24) is 5.32 Å². The Bertz CT molecular complexity index is 307. The summed E-state index contributed by atoms with van der Waals surface area (Å²) < 4.78 is 23.0. The zero-order valence-corrected chi connectivity index (χ0v) is 10.4. The van der Waals surface area contributed by atoms with Gasteiger partial charge in [0, 0.05) is 12.6 Å². The Morgan fingerprint density at radius 3 is 2.67 bits per heavy atom. The van der Waals surface area contributed by atoms with Gasteiger partial charge in [0.15, 0.2) is 9.84 Å². The first-order chi connectivity index (χ1) is 7.02. The molecular formula is C11H21NO2S. The average molecular weight is 231 g/mol. The highest BCUT2D eigenvalue weighted by Crippen LogP contribution is 2.10. The monoisotopic (exact) mass is 231 g/mol. The number of allylic oxidation sites excluding steroid dienone is 1. The minimum absolute atomic E-state index is 0.255. The van der Waals surface area contributed by atoms with Crippen molar-refractivity contribution in [2.24, 2.45) is 0 Å². The summed E-state index contributed by atoms with van der Waals surface area (Å²) in [5, 5.41) is 3.04. The molecule has 0 heterocycles. The Labute approximate surface area is 92.9 Å². The number of hydrogen-bond donors (Lipinski definition) is 1. The molecule has 0 saturated carbocycles. The van der Waals surface area contributed by atoms with Gasteiger partial charge in [-0.2, -0.15) is 0 Å². The van der Waals surface area contributed by atoms with Crippen LogP contribution in [0.4, 0.5) is 0 Å². The normalized spacial score (nSPS) is 22.2. The van der Waals surface area contributed by atoms with Gasteiger partial charge < -0.3 is 5.32 Å². The van der Waals surface area contributed by atoms with Crippen molar-refractivity contribution in [2.75, 3.05) is 12.3 Å². The van der Waals surface area contributed by atoms with E-state index in [0.29, 0.717) is 12.6 Å². The number of rotatable bonds is 5. The van der Waals surface area contributed by atoms with Crippen LogP contribution in [0.15, 0.2) is 12.2 Å². The predicted molar refractivity (Wildman–Crippen MR) is 63.7 cm³/mol. The molecule has 1 aliphatic rings. The molecule has 0 bridgehead atoms. The molecule has 0 radical (unpaired) electrons. The van der Waals surface area contributed by atoms with Crippen LogP contribution in [0.25, 0.3) is 0 Å². The number of hydrogen-bond acceptors (Lipinski definition) is 3. The largest absolute Gasteiger partial charge is 0.313 e. The molecule has 3 nitrogen and oxygen atoms in total. The molecule has 0 aromatic rings. The first-order valence-corrected chi connectivity index (χ1v) is 7.34. The quantitative estimate of drug-likeness (QED) is 0.730. The molecule has 15 heavy (non-hydrogen) atoms. The lowest BCUT2D eigenvalue weighted by molar-refractivity contribution is 0.486. The Hall–Kier alpha value is -0.350. The van der Waals surface area contributed by atoms with Crippen molar-refractivity contribution in [2.45, 2.75) is 44.4 Å². The smallest absolute Gasteiger partial charge is 0.153 e. The lowest BCUT2D eigenvalue weighted by atomic mass is 10.0. The van der Waals surface area contributed by atoms with E-state index in [0.717, 1.165) is 19.3 Å². The van der Waals surface area contributed by atoms with Crippen LogP contribution in [-0.2, 0) is 9.84 Å². The van der Waals surface area contributed by atoms with Gasteiger partial charge in [0.25, 0.3) is 0 Å². The molecule has 0 aromatic heterocycles. The molecule has 0 aliphatic heterocycles. The number of sulfone groups is 1. The van der Waals surface area contributed by atoms with Gasteiger partial charge in [0.2, 0.25) is 0 Å². The average Bonchev–Trinajstić information content (AvgIpc) is 2.19. The Kier molecular flexibility index (Phi) is 4.80. The standard InChI is InChI=1S/C11H21NO2S/c1-10(2)15(13,14)9-8-12-11-6-4-3-5-7-11/h3-4,10-12H,5-9H2,1-2H3. The molecule has 1 rings (SSSR count). The van der Waals surface area contributed by atoms with Gasteiger partial charge in [-0.05, 0) is 33.1 Å². The van der Waals surface area contributed by atoms with Gasteiger partial charge in [-0.15, -0.1) is 0 Å². The Morgan fingerprint density at radius 2 is 2.13 bits per heavy atom. The highest BCUT2D eigenvalue weighted by atomic mass is 32.2. The summed E-state index contributed by atoms with van der Waals surface area (Å²) in [6, 6.07) is 0.470. The van der Waals surface area contributed by atoms with Crippen LogP contribution in [0.5, 0.6) is 0 Å². The lowest BCUT2D eigenvalue weighted by Crippen LogP contribution is -2.35. The van der Waals surface area contributed by atoms with Crippen molar-refractivity contribution < 1.29 is 8.42 Å². The van der Waals surface area contributed by atoms with E-state index in [1.54, 1.807) is 13.8 Å². The third kappa shape index (κ3) is 4.34. The summed E-state index contributed by atoms with van der Waals surface area (Å²) >= 11 is 0. The van der Waals surface area contributed by atoms with Gasteiger partial charge in [0.05, 0.1) is 11.0 Å². The van der Waals surface area contributed by atoms with E-state index in [2.05, 4.69) is 17.5 Å². The maximum absolute atomic E-state index is 11.5. The second kappa shape index (κ2) is 5.66. The topological polar surface area (TPSA) is 46.2 Å². The third-order valence-corrected chi connectivity index (χ3v) is 5.02. The fourth-order valence-corrected chi connectivity index (χ4v) is 2.49. The minimum atomic E-state index is -2.88. The molecule has 0 amide bonds. The first-order valence-electron chi connectivity index (χ1n) is 5.62. The minimum Gasteiger partial charge on any atom is -0.313 e. The summed E-state index contributed by atoms with van der Waals surface area (Å²) in [4.78, 5) is 0. The van der Waals surface area contributed by atoms with Crippen LogP contribution in [-0.4, -0.2) is 32.0 Å². The zero-order valence-electron chi connectivity index (χ0n) is 9.57. The van der Waals surface area contributed by atoms with Crippen LogP contribution < -0.4 is 5.32 Å². The maximum Gasteiger partial charge on any atom is 0.153 e. The van der Waals surface area contributed by atoms with Gasteiger partial charge in [0.1, 0.15) is 0 Å². The van der Waals surface area contributed by atoms with E-state index in [1.165, 1.54) is 0 Å². The van der Waals surface area contributed by atoms with E-state index in [9.17, 15) is 8.42 Å². The second-order valence-electron chi connectivity index (χ2n) is 4.35. The van der Waals surface area contributed by atoms with Gasteiger partial charge in [-0.1, -0.05) is 12.2 Å². The lowest BCUT2D eigenvalue weighted by Gasteiger charge is -2.19. The van der Waals surface area contributed by atoms with Crippen LogP contribution in [0.1, 0.15) is 33.1 Å². The van der Waals surface area contributed by atoms with E-state index in [-0.39, 0.29) is 11.0 Å². The summed E-state index contributed by atoms with van der Waals surface area (Å²) in [6.45, 7) is 4.05. The SMILES string of the molecule is CC(C)S(=O)(=O)CCNC1CC=CCC1. The van der Waals surface area contributed by atoms with Crippen molar-refractivity contribution in [3.05, 3.63) is 12.2 Å². The van der Waals surface area contributed by atoms with Crippen LogP contribution in [0.2, 0.25) is 0 Å². The second-order valence-corrected chi connectivity index (χ2v) is 7.03. The first kappa shape index (κ1) is 12.7. The van der Waals surface area contributed by atoms with E-state index < -0.39 is 9.84 Å². The van der Waals surface area contributed by atoms with Crippen molar-refractivity contribution >= 4 is 9.84 Å². The van der Waals surface area contributed by atoms with E-state index >= 15 is 0 Å². The summed E-state index contributed by atoms with van der Waals surface area (Å²) in [5.74, 6) is 0.255. The van der Waals surface area contributed by atoms with Crippen molar-refractivity contribution in [3.8, 4) is 0 Å². The van der Waals surface area contributed by atoms with Gasteiger partial charge in [-0.25, -0.2) is 8.42 Å². The molecule has 0 spiro atoms. The highest BCUT2D eigenvalue weighted by molar-refractivity contribution is 7.92. The van der Waals surface area contributed by atoms with Gasteiger partial charge >= 0.3 is 0 Å². The van der Waals surface area contributed by atoms with E-state index in [4.69, 9.17) is 0 Å². The molecule has 1 unspecified atom stereocenters. The zero-order chi connectivity index (χ0) is 11.3. The Balaban J connectivity index is 2.24. The number of nitrogens with one attached hydrogen (secondary N) is 1. The maximum atomic E-state index is 11.5. The molecule has 0 fully saturated rings. The summed E-state index contributed by atoms with van der Waals surface area (Å²) in [5.41, 5.74) is 0. The van der Waals surface area contributed by atoms with Crippen molar-refractivity contribution in [3.63, 3.8) is 0 Å². The van der Waals surface area contributed by atoms with Crippen LogP contribution in [0, 0.1) is 0 Å². The molecule has 1 atom stereocenters. The van der Waals surface area contributed by atoms with Crippen LogP contribution in [0.3, 0.4) is 0 Å². The summed E-state index contributed by atoms with van der Waals surface area (Å²) in [6.07, 6.45) is 7.61.